The van der Waals surface area contributed by atoms with Crippen LogP contribution in [0.4, 0.5) is 11.6 Å². The number of nitrogens with zero attached hydrogens (tertiary/aromatic N) is 4. The molecule has 0 spiro atoms. The first-order chi connectivity index (χ1) is 9.17. The number of hydrogen-bond acceptors (Lipinski definition) is 4. The lowest BCUT2D eigenvalue weighted by molar-refractivity contribution is 0.488. The van der Waals surface area contributed by atoms with Crippen molar-refractivity contribution in [2.75, 3.05) is 5.32 Å². The second-order valence-corrected chi connectivity index (χ2v) is 4.82. The molecule has 2 heterocycles. The Balaban J connectivity index is 1.97. The number of hydrogen-bond donors (Lipinski definition) is 1. The van der Waals surface area contributed by atoms with Crippen LogP contribution in [0.25, 0.3) is 0 Å². The standard InChI is InChI=1S/C14H17N5/c1-11(2)5-7-19-8-6-14(18-19)17-13-4-3-12(9-15)10-16-13/h3-4,6,8,10-11H,5,7H2,1-2H3,(H,16,17,18). The lowest BCUT2D eigenvalue weighted by Crippen LogP contribution is -2.03. The second-order valence-electron chi connectivity index (χ2n) is 4.82. The van der Waals surface area contributed by atoms with E-state index in [0.717, 1.165) is 18.8 Å². The predicted molar refractivity (Wildman–Crippen MR) is 73.9 cm³/mol. The van der Waals surface area contributed by atoms with E-state index in [1.807, 2.05) is 23.0 Å². The molecule has 98 valence electrons. The first-order valence-corrected chi connectivity index (χ1v) is 6.34. The third kappa shape index (κ3) is 3.81. The summed E-state index contributed by atoms with van der Waals surface area (Å²) < 4.78 is 1.92. The molecular weight excluding hydrogens is 238 g/mol. The molecule has 5 nitrogen and oxygen atoms in total. The highest BCUT2D eigenvalue weighted by atomic mass is 15.3. The van der Waals surface area contributed by atoms with Gasteiger partial charge in [-0.2, -0.15) is 10.4 Å². The van der Waals surface area contributed by atoms with Crippen LogP contribution in [0, 0.1) is 17.2 Å². The average Bonchev–Trinajstić information content (AvgIpc) is 2.85. The number of aryl methyl sites for hydroxylation is 1. The van der Waals surface area contributed by atoms with E-state index in [1.54, 1.807) is 12.1 Å². The van der Waals surface area contributed by atoms with Crippen molar-refractivity contribution in [1.29, 1.82) is 5.26 Å². The van der Waals surface area contributed by atoms with Crippen LogP contribution in [0.15, 0.2) is 30.6 Å². The summed E-state index contributed by atoms with van der Waals surface area (Å²) >= 11 is 0. The van der Waals surface area contributed by atoms with E-state index < -0.39 is 0 Å². The van der Waals surface area contributed by atoms with Crippen LogP contribution < -0.4 is 5.32 Å². The lowest BCUT2D eigenvalue weighted by atomic mass is 10.1. The molecule has 5 heteroatoms. The maximum absolute atomic E-state index is 8.70. The fraction of sp³-hybridized carbons (Fsp3) is 0.357. The maximum Gasteiger partial charge on any atom is 0.153 e. The quantitative estimate of drug-likeness (QED) is 0.892. The van der Waals surface area contributed by atoms with Crippen LogP contribution >= 0.6 is 0 Å². The van der Waals surface area contributed by atoms with Crippen molar-refractivity contribution in [2.45, 2.75) is 26.8 Å². The number of aromatic nitrogens is 3. The minimum atomic E-state index is 0.549. The molecular formula is C14H17N5. The summed E-state index contributed by atoms with van der Waals surface area (Å²) in [5, 5.41) is 16.2. The molecule has 0 aliphatic rings. The zero-order valence-corrected chi connectivity index (χ0v) is 11.2. The second kappa shape index (κ2) is 6.01. The highest BCUT2D eigenvalue weighted by molar-refractivity contribution is 5.51. The van der Waals surface area contributed by atoms with E-state index in [1.165, 1.54) is 6.20 Å². The Kier molecular flexibility index (Phi) is 4.14. The minimum Gasteiger partial charge on any atom is -0.323 e. The Morgan fingerprint density at radius 3 is 2.79 bits per heavy atom. The van der Waals surface area contributed by atoms with Gasteiger partial charge in [-0.15, -0.1) is 0 Å². The van der Waals surface area contributed by atoms with Gasteiger partial charge in [0, 0.05) is 25.0 Å². The number of pyridine rings is 1. The molecule has 0 amide bonds. The molecule has 0 atom stereocenters. The number of nitriles is 1. The van der Waals surface area contributed by atoms with Crippen LogP contribution in [0.5, 0.6) is 0 Å². The van der Waals surface area contributed by atoms with Gasteiger partial charge in [0.1, 0.15) is 11.9 Å². The zero-order valence-electron chi connectivity index (χ0n) is 11.2. The Bertz CT molecular complexity index is 562. The maximum atomic E-state index is 8.70. The molecule has 2 aromatic heterocycles. The Labute approximate surface area is 112 Å². The Morgan fingerprint density at radius 1 is 1.32 bits per heavy atom. The van der Waals surface area contributed by atoms with Crippen molar-refractivity contribution in [3.8, 4) is 6.07 Å². The highest BCUT2D eigenvalue weighted by Crippen LogP contribution is 2.12. The van der Waals surface area contributed by atoms with E-state index >= 15 is 0 Å². The molecule has 0 unspecified atom stereocenters. The third-order valence-corrected chi connectivity index (χ3v) is 2.72. The van der Waals surface area contributed by atoms with Crippen molar-refractivity contribution in [3.05, 3.63) is 36.2 Å². The average molecular weight is 255 g/mol. The van der Waals surface area contributed by atoms with Gasteiger partial charge < -0.3 is 5.32 Å². The van der Waals surface area contributed by atoms with Crippen LogP contribution in [0.1, 0.15) is 25.8 Å². The van der Waals surface area contributed by atoms with Gasteiger partial charge in [0.15, 0.2) is 5.82 Å². The van der Waals surface area contributed by atoms with Gasteiger partial charge in [-0.05, 0) is 24.5 Å². The predicted octanol–water partition coefficient (Wildman–Crippen LogP) is 2.94. The minimum absolute atomic E-state index is 0.549. The van der Waals surface area contributed by atoms with Gasteiger partial charge >= 0.3 is 0 Å². The summed E-state index contributed by atoms with van der Waals surface area (Å²) in [6, 6.07) is 7.45. The SMILES string of the molecule is CC(C)CCn1ccc(Nc2ccc(C#N)cn2)n1. The van der Waals surface area contributed by atoms with Crippen molar-refractivity contribution in [2.24, 2.45) is 5.92 Å². The van der Waals surface area contributed by atoms with Gasteiger partial charge in [0.2, 0.25) is 0 Å². The van der Waals surface area contributed by atoms with Gasteiger partial charge in [0.05, 0.1) is 5.56 Å². The highest BCUT2D eigenvalue weighted by Gasteiger charge is 2.02. The van der Waals surface area contributed by atoms with Crippen molar-refractivity contribution in [1.82, 2.24) is 14.8 Å². The molecule has 0 aliphatic heterocycles. The topological polar surface area (TPSA) is 66.5 Å². The van der Waals surface area contributed by atoms with E-state index in [2.05, 4.69) is 29.2 Å². The zero-order chi connectivity index (χ0) is 13.7. The smallest absolute Gasteiger partial charge is 0.153 e. The van der Waals surface area contributed by atoms with Crippen molar-refractivity contribution in [3.63, 3.8) is 0 Å². The largest absolute Gasteiger partial charge is 0.323 e. The lowest BCUT2D eigenvalue weighted by Gasteiger charge is -2.04. The molecule has 0 radical (unpaired) electrons. The molecule has 1 N–H and O–H groups in total. The number of rotatable bonds is 5. The summed E-state index contributed by atoms with van der Waals surface area (Å²) in [6.45, 7) is 5.31. The van der Waals surface area contributed by atoms with Crippen molar-refractivity contribution >= 4 is 11.6 Å². The molecule has 0 aromatic carbocycles. The summed E-state index contributed by atoms with van der Waals surface area (Å²) in [6.07, 6.45) is 4.60. The fourth-order valence-electron chi connectivity index (χ4n) is 1.61. The molecule has 19 heavy (non-hydrogen) atoms. The third-order valence-electron chi connectivity index (χ3n) is 2.72. The number of anilines is 2. The molecule has 2 aromatic rings. The van der Waals surface area contributed by atoms with Gasteiger partial charge in [-0.1, -0.05) is 13.8 Å². The molecule has 0 saturated carbocycles. The first kappa shape index (κ1) is 13.1. The summed E-state index contributed by atoms with van der Waals surface area (Å²) in [5.74, 6) is 2.12. The molecule has 2 rings (SSSR count). The van der Waals surface area contributed by atoms with Crippen LogP contribution in [0.3, 0.4) is 0 Å². The van der Waals surface area contributed by atoms with Gasteiger partial charge in [-0.25, -0.2) is 4.98 Å². The Hall–Kier alpha value is -2.35. The van der Waals surface area contributed by atoms with E-state index in [0.29, 0.717) is 17.3 Å². The van der Waals surface area contributed by atoms with Gasteiger partial charge in [-0.3, -0.25) is 4.68 Å². The number of nitrogens with one attached hydrogen (secondary N) is 1. The summed E-state index contributed by atoms with van der Waals surface area (Å²) in [5.41, 5.74) is 0.549. The molecule has 0 saturated heterocycles. The van der Waals surface area contributed by atoms with E-state index in [9.17, 15) is 0 Å². The normalized spacial score (nSPS) is 10.4. The molecule has 0 bridgehead atoms. The van der Waals surface area contributed by atoms with Crippen molar-refractivity contribution < 1.29 is 0 Å². The van der Waals surface area contributed by atoms with Crippen LogP contribution in [0.2, 0.25) is 0 Å². The molecule has 0 aliphatic carbocycles. The van der Waals surface area contributed by atoms with Crippen LogP contribution in [-0.4, -0.2) is 14.8 Å². The fourth-order valence-corrected chi connectivity index (χ4v) is 1.61. The van der Waals surface area contributed by atoms with Crippen LogP contribution in [-0.2, 0) is 6.54 Å². The summed E-state index contributed by atoms with van der Waals surface area (Å²) in [7, 11) is 0. The van der Waals surface area contributed by atoms with Gasteiger partial charge in [0.25, 0.3) is 0 Å². The Morgan fingerprint density at radius 2 is 2.16 bits per heavy atom. The molecule has 0 fully saturated rings. The van der Waals surface area contributed by atoms with E-state index in [-0.39, 0.29) is 0 Å². The first-order valence-electron chi connectivity index (χ1n) is 6.34. The van der Waals surface area contributed by atoms with E-state index in [4.69, 9.17) is 5.26 Å². The summed E-state index contributed by atoms with van der Waals surface area (Å²) in [4.78, 5) is 4.15. The monoisotopic (exact) mass is 255 g/mol.